The van der Waals surface area contributed by atoms with Crippen LogP contribution in [0.1, 0.15) is 0 Å². The summed E-state index contributed by atoms with van der Waals surface area (Å²) in [5.74, 6) is 0.817. The van der Waals surface area contributed by atoms with Crippen molar-refractivity contribution in [2.45, 2.75) is 0 Å². The van der Waals surface area contributed by atoms with Crippen molar-refractivity contribution in [2.24, 2.45) is 0 Å². The minimum absolute atomic E-state index is 0.817. The molecule has 230 valence electrons. The van der Waals surface area contributed by atoms with Crippen LogP contribution in [0.2, 0.25) is 0 Å². The Morgan fingerprint density at radius 2 is 0.959 bits per heavy atom. The van der Waals surface area contributed by atoms with E-state index >= 15 is 0 Å². The zero-order valence-corrected chi connectivity index (χ0v) is 26.5. The van der Waals surface area contributed by atoms with Crippen LogP contribution in [-0.4, -0.2) is 18.9 Å². The Kier molecular flexibility index (Phi) is 6.11. The van der Waals surface area contributed by atoms with Crippen molar-refractivity contribution in [3.05, 3.63) is 176 Å². The van der Waals surface area contributed by atoms with Crippen molar-refractivity contribution in [3.63, 3.8) is 0 Å². The summed E-state index contributed by atoms with van der Waals surface area (Å²) < 4.78 is 4.51. The molecule has 10 aromatic rings. The molecule has 0 amide bonds. The molecule has 0 saturated carbocycles. The van der Waals surface area contributed by atoms with Crippen molar-refractivity contribution in [3.8, 4) is 17.1 Å². The number of para-hydroxylation sites is 5. The molecule has 3 heterocycles. The largest absolute Gasteiger partial charge is 0.310 e. The first-order valence-corrected chi connectivity index (χ1v) is 16.5. The molecule has 0 atom stereocenters. The minimum Gasteiger partial charge on any atom is -0.310 e. The maximum atomic E-state index is 5.33. The highest BCUT2D eigenvalue weighted by molar-refractivity contribution is 6.11. The number of hydrogen-bond donors (Lipinski definition) is 0. The van der Waals surface area contributed by atoms with E-state index in [0.717, 1.165) is 67.0 Å². The Labute approximate surface area is 282 Å². The number of anilines is 3. The van der Waals surface area contributed by atoms with E-state index in [1.807, 2.05) is 12.1 Å². The number of fused-ring (bicyclic) bond motifs is 8. The van der Waals surface area contributed by atoms with Crippen LogP contribution in [-0.2, 0) is 0 Å². The zero-order valence-electron chi connectivity index (χ0n) is 26.5. The maximum absolute atomic E-state index is 5.33. The van der Waals surface area contributed by atoms with E-state index in [1.54, 1.807) is 0 Å². The summed E-state index contributed by atoms with van der Waals surface area (Å²) in [6, 6.07) is 61.9. The molecule has 0 radical (unpaired) electrons. The number of benzene rings is 7. The molecule has 0 aliphatic carbocycles. The lowest BCUT2D eigenvalue weighted by Crippen LogP contribution is -2.10. The number of imidazole rings is 1. The van der Waals surface area contributed by atoms with E-state index in [-0.39, 0.29) is 0 Å². The molecule has 0 bridgehead atoms. The van der Waals surface area contributed by atoms with Gasteiger partial charge in [-0.05, 0) is 83.9 Å². The van der Waals surface area contributed by atoms with Gasteiger partial charge in [0.2, 0.25) is 5.95 Å². The number of nitrogens with zero attached hydrogens (tertiary/aromatic N) is 5. The summed E-state index contributed by atoms with van der Waals surface area (Å²) in [6.07, 6.45) is 0. The van der Waals surface area contributed by atoms with Crippen LogP contribution in [0.5, 0.6) is 0 Å². The quantitative estimate of drug-likeness (QED) is 0.191. The summed E-state index contributed by atoms with van der Waals surface area (Å²) in [7, 11) is 0. The average Bonchev–Trinajstić information content (AvgIpc) is 3.72. The summed E-state index contributed by atoms with van der Waals surface area (Å²) in [5.41, 5.74) is 11.6. The normalized spacial score (nSPS) is 11.7. The molecule has 0 spiro atoms. The van der Waals surface area contributed by atoms with Gasteiger partial charge in [-0.2, -0.15) is 0 Å². The third kappa shape index (κ3) is 4.33. The number of aromatic nitrogens is 4. The lowest BCUT2D eigenvalue weighted by atomic mass is 10.0. The fraction of sp³-hybridized carbons (Fsp3) is 0. The molecular weight excluding hydrogens is 599 g/mol. The molecule has 0 N–H and O–H groups in total. The van der Waals surface area contributed by atoms with E-state index in [0.29, 0.717) is 0 Å². The summed E-state index contributed by atoms with van der Waals surface area (Å²) >= 11 is 0. The van der Waals surface area contributed by atoms with Crippen LogP contribution in [0.3, 0.4) is 0 Å². The van der Waals surface area contributed by atoms with Gasteiger partial charge in [0.05, 0.1) is 27.6 Å². The van der Waals surface area contributed by atoms with E-state index in [1.165, 1.54) is 16.5 Å². The SMILES string of the molecule is c1ccc(-c2ccc(N(c3ccccc3)c3ccc4c(c3)c3ccccc3n4-c3nc4ccccc4c4nc5ccccc5n34)cc2)cc1. The fourth-order valence-electron chi connectivity index (χ4n) is 7.25. The molecule has 0 unspecified atom stereocenters. The second-order valence-corrected chi connectivity index (χ2v) is 12.3. The molecule has 3 aromatic heterocycles. The van der Waals surface area contributed by atoms with Gasteiger partial charge in [0.25, 0.3) is 0 Å². The Morgan fingerprint density at radius 3 is 1.76 bits per heavy atom. The van der Waals surface area contributed by atoms with Crippen LogP contribution in [0.25, 0.3) is 66.5 Å². The topological polar surface area (TPSA) is 38.4 Å². The van der Waals surface area contributed by atoms with Gasteiger partial charge in [0.15, 0.2) is 0 Å². The van der Waals surface area contributed by atoms with Crippen LogP contribution >= 0.6 is 0 Å². The van der Waals surface area contributed by atoms with Crippen molar-refractivity contribution in [1.82, 2.24) is 18.9 Å². The third-order valence-corrected chi connectivity index (χ3v) is 9.49. The van der Waals surface area contributed by atoms with Crippen LogP contribution in [0.15, 0.2) is 176 Å². The van der Waals surface area contributed by atoms with Gasteiger partial charge in [0, 0.05) is 33.2 Å². The van der Waals surface area contributed by atoms with Gasteiger partial charge >= 0.3 is 0 Å². The van der Waals surface area contributed by atoms with E-state index in [4.69, 9.17) is 9.97 Å². The van der Waals surface area contributed by atoms with Crippen molar-refractivity contribution in [2.75, 3.05) is 4.90 Å². The predicted molar refractivity (Wildman–Crippen MR) is 202 cm³/mol. The smallest absolute Gasteiger partial charge is 0.221 e. The fourth-order valence-corrected chi connectivity index (χ4v) is 7.25. The van der Waals surface area contributed by atoms with Crippen molar-refractivity contribution < 1.29 is 0 Å². The molecule has 10 rings (SSSR count). The lowest BCUT2D eigenvalue weighted by molar-refractivity contribution is 0.979. The average molecular weight is 628 g/mol. The molecule has 7 aromatic carbocycles. The third-order valence-electron chi connectivity index (χ3n) is 9.49. The summed E-state index contributed by atoms with van der Waals surface area (Å²) in [5, 5.41) is 3.35. The first kappa shape index (κ1) is 27.4. The van der Waals surface area contributed by atoms with Gasteiger partial charge in [0.1, 0.15) is 5.65 Å². The molecule has 0 aliphatic rings. The first-order valence-electron chi connectivity index (χ1n) is 16.5. The van der Waals surface area contributed by atoms with Crippen LogP contribution in [0, 0.1) is 0 Å². The summed E-state index contributed by atoms with van der Waals surface area (Å²) in [6.45, 7) is 0. The highest BCUT2D eigenvalue weighted by Crippen LogP contribution is 2.40. The molecule has 5 nitrogen and oxygen atoms in total. The molecule has 49 heavy (non-hydrogen) atoms. The minimum atomic E-state index is 0.817. The molecule has 0 fully saturated rings. The van der Waals surface area contributed by atoms with E-state index in [2.05, 4.69) is 178 Å². The monoisotopic (exact) mass is 627 g/mol. The van der Waals surface area contributed by atoms with Gasteiger partial charge in [-0.1, -0.05) is 103 Å². The Balaban J connectivity index is 1.22. The standard InChI is InChI=1S/C44H29N5/c1-3-13-30(14-4-1)31-23-25-33(26-24-31)47(32-15-5-2-6-16-32)34-27-28-41-37(29-34)35-17-8-11-21-40(35)48(41)44-46-38-19-9-7-18-36(38)43-45-39-20-10-12-22-42(39)49(43)44/h1-29H. The number of rotatable bonds is 5. The second kappa shape index (κ2) is 10.9. The molecule has 0 saturated heterocycles. The van der Waals surface area contributed by atoms with Gasteiger partial charge < -0.3 is 4.90 Å². The first-order chi connectivity index (χ1) is 24.3. The Hall–Kier alpha value is -6.72. The highest BCUT2D eigenvalue weighted by Gasteiger charge is 2.21. The highest BCUT2D eigenvalue weighted by atomic mass is 15.2. The Morgan fingerprint density at radius 1 is 0.388 bits per heavy atom. The Bertz CT molecular complexity index is 2820. The van der Waals surface area contributed by atoms with Gasteiger partial charge in [-0.3, -0.25) is 8.97 Å². The second-order valence-electron chi connectivity index (χ2n) is 12.3. The van der Waals surface area contributed by atoms with Crippen LogP contribution in [0.4, 0.5) is 17.1 Å². The van der Waals surface area contributed by atoms with Crippen LogP contribution < -0.4 is 4.90 Å². The molecule has 5 heteroatoms. The zero-order chi connectivity index (χ0) is 32.3. The van der Waals surface area contributed by atoms with Crippen molar-refractivity contribution >= 4 is 66.5 Å². The van der Waals surface area contributed by atoms with Gasteiger partial charge in [-0.25, -0.2) is 9.97 Å². The molecular formula is C44H29N5. The van der Waals surface area contributed by atoms with Gasteiger partial charge in [-0.15, -0.1) is 0 Å². The maximum Gasteiger partial charge on any atom is 0.221 e. The number of hydrogen-bond acceptors (Lipinski definition) is 3. The predicted octanol–water partition coefficient (Wildman–Crippen LogP) is 11.3. The van der Waals surface area contributed by atoms with E-state index in [9.17, 15) is 0 Å². The van der Waals surface area contributed by atoms with E-state index < -0.39 is 0 Å². The van der Waals surface area contributed by atoms with Crippen molar-refractivity contribution in [1.29, 1.82) is 0 Å². The lowest BCUT2D eigenvalue weighted by Gasteiger charge is -2.26. The molecule has 0 aliphatic heterocycles. The summed E-state index contributed by atoms with van der Waals surface area (Å²) in [4.78, 5) is 12.8.